The van der Waals surface area contributed by atoms with Crippen molar-refractivity contribution in [1.82, 2.24) is 0 Å². The molecule has 0 saturated heterocycles. The van der Waals surface area contributed by atoms with Crippen molar-refractivity contribution in [1.29, 1.82) is 0 Å². The summed E-state index contributed by atoms with van der Waals surface area (Å²) in [6.07, 6.45) is 0. The third-order valence-electron chi connectivity index (χ3n) is 0. The summed E-state index contributed by atoms with van der Waals surface area (Å²) >= 11 is 0. The van der Waals surface area contributed by atoms with Gasteiger partial charge in [0.05, 0.1) is 0 Å². The molecule has 0 aromatic rings. The van der Waals surface area contributed by atoms with Gasteiger partial charge in [0.2, 0.25) is 0 Å². The fraction of sp³-hybridized carbons (Fsp3) is 0. The van der Waals surface area contributed by atoms with Crippen LogP contribution in [0, 0.1) is 0 Å². The van der Waals surface area contributed by atoms with Gasteiger partial charge in [-0.15, -0.1) is 0 Å². The summed E-state index contributed by atoms with van der Waals surface area (Å²) in [5.74, 6) is 0. The van der Waals surface area contributed by atoms with Crippen LogP contribution in [0.3, 0.4) is 0 Å². The summed E-state index contributed by atoms with van der Waals surface area (Å²) in [7, 11) is 0. The van der Waals surface area contributed by atoms with Crippen LogP contribution in [0.1, 0.15) is 0 Å². The molecule has 0 atom stereocenters. The predicted molar refractivity (Wildman–Crippen MR) is 30.6 cm³/mol. The first-order valence-corrected chi connectivity index (χ1v) is 0. The molecule has 0 aliphatic heterocycles. The molecule has 0 spiro atoms. The molecule has 1 nitrogen and oxygen atoms in total. The van der Waals surface area contributed by atoms with Crippen LogP contribution in [0.15, 0.2) is 0 Å². The van der Waals surface area contributed by atoms with E-state index in [9.17, 15) is 0 Å². The van der Waals surface area contributed by atoms with E-state index in [-0.39, 0.29) is 98.6 Å². The fourth-order valence-corrected chi connectivity index (χ4v) is 0. The van der Waals surface area contributed by atoms with Gasteiger partial charge < -0.3 is 5.48 Å². The average Bonchev–Trinajstić information content (AvgIpc) is 0. The van der Waals surface area contributed by atoms with Gasteiger partial charge in [-0.25, -0.2) is 0 Å². The summed E-state index contributed by atoms with van der Waals surface area (Å²) < 4.78 is 0. The topological polar surface area (TPSA) is 31.5 Å². The predicted octanol–water partition coefficient (Wildman–Crippen LogP) is -3.84. The van der Waals surface area contributed by atoms with Crippen molar-refractivity contribution in [2.75, 3.05) is 0 Å². The summed E-state index contributed by atoms with van der Waals surface area (Å²) in [6, 6.07) is 0. The molecule has 0 aliphatic rings. The molecule has 0 unspecified atom stereocenters. The molecule has 0 bridgehead atoms. The molecule has 0 heterocycles. The van der Waals surface area contributed by atoms with Crippen molar-refractivity contribution in [3.63, 3.8) is 0 Å². The minimum Gasteiger partial charge on any atom is 0 e. The Labute approximate surface area is 96.8 Å². The standard InChI is InChI=1S/In.H2O.2Sn.Zn.7H/h;1H2;;;;;;;;;;. The van der Waals surface area contributed by atoms with Gasteiger partial charge in [-0.05, 0) is 0 Å². The molecule has 0 aromatic heterocycles. The zero-order valence-electron chi connectivity index (χ0n) is 2.62. The maximum atomic E-state index is 0. The van der Waals surface area contributed by atoms with Crippen LogP contribution in [-0.2, 0) is 19.5 Å². The first kappa shape index (κ1) is 43.0. The zero-order valence-corrected chi connectivity index (χ0v) is 13.7. The van der Waals surface area contributed by atoms with E-state index in [1.54, 1.807) is 0 Å². The van der Waals surface area contributed by atoms with Gasteiger partial charge in [0.1, 0.15) is 0 Å². The Morgan fingerprint density at radius 1 is 0.800 bits per heavy atom. The van der Waals surface area contributed by atoms with Gasteiger partial charge in [-0.3, -0.25) is 0 Å². The van der Waals surface area contributed by atoms with Crippen LogP contribution in [-0.4, -0.2) is 79.1 Å². The third kappa shape index (κ3) is 19.3. The Kier molecular flexibility index (Phi) is 239. The van der Waals surface area contributed by atoms with E-state index in [1.807, 2.05) is 0 Å². The largest absolute Gasteiger partial charge is 0 e. The Morgan fingerprint density at radius 2 is 0.800 bits per heavy atom. The molecule has 0 amide bonds. The molecule has 0 aliphatic carbocycles. The van der Waals surface area contributed by atoms with Gasteiger partial charge in [0, 0.05) is 19.5 Å². The van der Waals surface area contributed by atoms with E-state index in [0.717, 1.165) is 0 Å². The van der Waals surface area contributed by atoms with Crippen molar-refractivity contribution in [3.05, 3.63) is 0 Å². The zero-order chi connectivity index (χ0) is 0. The number of hydrogen-bond donors (Lipinski definition) is 0. The number of hydrogen-bond acceptors (Lipinski definition) is 0. The molecule has 4 radical (unpaired) electrons. The van der Waals surface area contributed by atoms with Crippen molar-refractivity contribution < 1.29 is 25.0 Å². The average molecular weight is 443 g/mol. The Morgan fingerprint density at radius 3 is 0.800 bits per heavy atom. The number of rotatable bonds is 0. The SMILES string of the molecule is O.[InH3].[SnH2].[SnH2].[Zn]. The first-order valence-electron chi connectivity index (χ1n) is 0. The van der Waals surface area contributed by atoms with Crippen LogP contribution < -0.4 is 0 Å². The molecule has 5 heteroatoms. The van der Waals surface area contributed by atoms with E-state index >= 15 is 0 Å². The minimum absolute atomic E-state index is 0. The van der Waals surface area contributed by atoms with Crippen LogP contribution in [0.4, 0.5) is 0 Å². The Bertz CT molecular complexity index is 9.61. The second-order valence-corrected chi connectivity index (χ2v) is 0. The van der Waals surface area contributed by atoms with Crippen molar-refractivity contribution in [2.45, 2.75) is 0 Å². The Balaban J connectivity index is 0. The van der Waals surface area contributed by atoms with Crippen molar-refractivity contribution >= 4 is 73.7 Å². The quantitative estimate of drug-likeness (QED) is 0.344. The van der Waals surface area contributed by atoms with Gasteiger partial charge in [-0.1, -0.05) is 0 Å². The van der Waals surface area contributed by atoms with Gasteiger partial charge in [0.25, 0.3) is 0 Å². The summed E-state index contributed by atoms with van der Waals surface area (Å²) in [5.41, 5.74) is 0. The van der Waals surface area contributed by atoms with Crippen LogP contribution >= 0.6 is 0 Å². The monoisotopic (exact) mass is 444 g/mol. The molecule has 28 valence electrons. The summed E-state index contributed by atoms with van der Waals surface area (Å²) in [6.45, 7) is 0. The van der Waals surface area contributed by atoms with Crippen LogP contribution in [0.2, 0.25) is 0 Å². The van der Waals surface area contributed by atoms with E-state index in [4.69, 9.17) is 0 Å². The maximum absolute atomic E-state index is 0. The molecule has 0 aromatic carbocycles. The molecule has 5 heavy (non-hydrogen) atoms. The van der Waals surface area contributed by atoms with Gasteiger partial charge >= 0.3 is 73.7 Å². The Hall–Kier alpha value is 3.05. The van der Waals surface area contributed by atoms with E-state index in [2.05, 4.69) is 0 Å². The normalized spacial score (nSPS) is 0. The van der Waals surface area contributed by atoms with Gasteiger partial charge in [-0.2, -0.15) is 0 Å². The van der Waals surface area contributed by atoms with E-state index < -0.39 is 0 Å². The van der Waals surface area contributed by atoms with Crippen molar-refractivity contribution in [3.8, 4) is 0 Å². The first-order chi connectivity index (χ1) is 0. The molecular formula is H9InOSn2Zn. The fourth-order valence-electron chi connectivity index (χ4n) is 0. The maximum Gasteiger partial charge on any atom is 0 e. The van der Waals surface area contributed by atoms with E-state index in [0.29, 0.717) is 0 Å². The second-order valence-electron chi connectivity index (χ2n) is 0. The molecule has 0 saturated carbocycles. The summed E-state index contributed by atoms with van der Waals surface area (Å²) in [4.78, 5) is 0. The molecule has 0 fully saturated rings. The van der Waals surface area contributed by atoms with Gasteiger partial charge in [0.15, 0.2) is 0 Å². The second kappa shape index (κ2) is 27.7. The molecule has 0 rings (SSSR count). The minimum atomic E-state index is 0. The van der Waals surface area contributed by atoms with Crippen LogP contribution in [0.5, 0.6) is 0 Å². The van der Waals surface area contributed by atoms with E-state index in [1.165, 1.54) is 0 Å². The van der Waals surface area contributed by atoms with Crippen LogP contribution in [0.25, 0.3) is 0 Å². The smallest absolute Gasteiger partial charge is 0 e. The summed E-state index contributed by atoms with van der Waals surface area (Å²) in [5, 5.41) is 0. The third-order valence-corrected chi connectivity index (χ3v) is 0. The molecule has 2 N–H and O–H groups in total. The molecular weight excluding hydrogens is 434 g/mol. The van der Waals surface area contributed by atoms with Crippen molar-refractivity contribution in [2.24, 2.45) is 0 Å².